The standard InChI is InChI=1S/C14H16N2O2S/c1-2-14-16-9-11(19-14)8-15-10-3-4-12-13(7-10)18-6-5-17-12/h3-4,7,9,15H,2,5-6,8H2,1H3. The third-order valence-corrected chi connectivity index (χ3v) is 4.05. The van der Waals surface area contributed by atoms with Crippen LogP contribution in [0.15, 0.2) is 24.4 Å². The van der Waals surface area contributed by atoms with Crippen molar-refractivity contribution in [3.05, 3.63) is 34.3 Å². The van der Waals surface area contributed by atoms with Gasteiger partial charge >= 0.3 is 0 Å². The Balaban J connectivity index is 1.66. The highest BCUT2D eigenvalue weighted by Crippen LogP contribution is 2.32. The first-order valence-corrected chi connectivity index (χ1v) is 7.24. The Morgan fingerprint density at radius 3 is 2.89 bits per heavy atom. The fourth-order valence-electron chi connectivity index (χ4n) is 1.94. The molecule has 0 fully saturated rings. The lowest BCUT2D eigenvalue weighted by Gasteiger charge is -2.19. The molecule has 1 aliphatic heterocycles. The minimum Gasteiger partial charge on any atom is -0.486 e. The fourth-order valence-corrected chi connectivity index (χ4v) is 2.74. The summed E-state index contributed by atoms with van der Waals surface area (Å²) in [4.78, 5) is 5.59. The Hall–Kier alpha value is -1.75. The normalized spacial score (nSPS) is 13.3. The van der Waals surface area contributed by atoms with Crippen molar-refractivity contribution in [2.24, 2.45) is 0 Å². The van der Waals surface area contributed by atoms with Gasteiger partial charge in [0.15, 0.2) is 11.5 Å². The highest BCUT2D eigenvalue weighted by molar-refractivity contribution is 7.11. The SMILES string of the molecule is CCc1ncc(CNc2ccc3c(c2)OCCO3)s1. The largest absolute Gasteiger partial charge is 0.486 e. The lowest BCUT2D eigenvalue weighted by atomic mass is 10.2. The molecular formula is C14H16N2O2S. The van der Waals surface area contributed by atoms with Gasteiger partial charge in [-0.15, -0.1) is 11.3 Å². The van der Waals surface area contributed by atoms with Gasteiger partial charge in [-0.1, -0.05) is 6.92 Å². The molecule has 5 heteroatoms. The topological polar surface area (TPSA) is 43.4 Å². The van der Waals surface area contributed by atoms with Crippen molar-refractivity contribution in [3.63, 3.8) is 0 Å². The number of ether oxygens (including phenoxy) is 2. The van der Waals surface area contributed by atoms with E-state index in [0.717, 1.165) is 30.2 Å². The number of aromatic nitrogens is 1. The number of anilines is 1. The third-order valence-electron chi connectivity index (χ3n) is 2.91. The number of thiazole rings is 1. The number of hydrogen-bond acceptors (Lipinski definition) is 5. The highest BCUT2D eigenvalue weighted by atomic mass is 32.1. The van der Waals surface area contributed by atoms with Crippen molar-refractivity contribution in [1.29, 1.82) is 0 Å². The molecule has 0 amide bonds. The molecule has 1 aliphatic rings. The maximum Gasteiger partial charge on any atom is 0.163 e. The fraction of sp³-hybridized carbons (Fsp3) is 0.357. The first kappa shape index (κ1) is 12.3. The molecule has 0 saturated carbocycles. The van der Waals surface area contributed by atoms with Crippen LogP contribution in [-0.2, 0) is 13.0 Å². The summed E-state index contributed by atoms with van der Waals surface area (Å²) in [6, 6.07) is 5.94. The van der Waals surface area contributed by atoms with E-state index in [1.165, 1.54) is 9.88 Å². The van der Waals surface area contributed by atoms with Gasteiger partial charge in [0.1, 0.15) is 13.2 Å². The second-order valence-corrected chi connectivity index (χ2v) is 5.49. The lowest BCUT2D eigenvalue weighted by Crippen LogP contribution is -2.15. The highest BCUT2D eigenvalue weighted by Gasteiger charge is 2.11. The summed E-state index contributed by atoms with van der Waals surface area (Å²) < 4.78 is 11.1. The number of benzene rings is 1. The van der Waals surface area contributed by atoms with Crippen molar-refractivity contribution in [2.45, 2.75) is 19.9 Å². The van der Waals surface area contributed by atoms with Gasteiger partial charge in [0, 0.05) is 22.8 Å². The molecule has 0 bridgehead atoms. The van der Waals surface area contributed by atoms with Crippen LogP contribution in [0, 0.1) is 0 Å². The third kappa shape index (κ3) is 2.81. The summed E-state index contributed by atoms with van der Waals surface area (Å²) in [5.74, 6) is 1.64. The molecular weight excluding hydrogens is 260 g/mol. The monoisotopic (exact) mass is 276 g/mol. The van der Waals surface area contributed by atoms with E-state index < -0.39 is 0 Å². The van der Waals surface area contributed by atoms with Crippen molar-refractivity contribution in [1.82, 2.24) is 4.98 Å². The zero-order valence-electron chi connectivity index (χ0n) is 10.8. The molecule has 0 saturated heterocycles. The summed E-state index contributed by atoms with van der Waals surface area (Å²) >= 11 is 1.75. The predicted molar refractivity (Wildman–Crippen MR) is 76.3 cm³/mol. The van der Waals surface area contributed by atoms with E-state index in [2.05, 4.69) is 17.2 Å². The minimum absolute atomic E-state index is 0.616. The van der Waals surface area contributed by atoms with Gasteiger partial charge < -0.3 is 14.8 Å². The van der Waals surface area contributed by atoms with E-state index >= 15 is 0 Å². The van der Waals surface area contributed by atoms with Crippen molar-refractivity contribution in [2.75, 3.05) is 18.5 Å². The molecule has 1 N–H and O–H groups in total. The molecule has 0 unspecified atom stereocenters. The Labute approximate surface area is 116 Å². The molecule has 0 radical (unpaired) electrons. The van der Waals surface area contributed by atoms with Crippen LogP contribution < -0.4 is 14.8 Å². The quantitative estimate of drug-likeness (QED) is 0.932. The second-order valence-electron chi connectivity index (χ2n) is 4.29. The Morgan fingerprint density at radius 1 is 1.26 bits per heavy atom. The maximum absolute atomic E-state index is 5.56. The summed E-state index contributed by atoms with van der Waals surface area (Å²) in [7, 11) is 0. The zero-order valence-corrected chi connectivity index (χ0v) is 11.6. The summed E-state index contributed by atoms with van der Waals surface area (Å²) in [6.07, 6.45) is 2.93. The zero-order chi connectivity index (χ0) is 13.1. The Bertz CT molecular complexity index is 568. The van der Waals surface area contributed by atoms with Crippen LogP contribution in [0.4, 0.5) is 5.69 Å². The van der Waals surface area contributed by atoms with E-state index in [4.69, 9.17) is 9.47 Å². The van der Waals surface area contributed by atoms with Gasteiger partial charge in [0.05, 0.1) is 11.6 Å². The number of nitrogens with zero attached hydrogens (tertiary/aromatic N) is 1. The lowest BCUT2D eigenvalue weighted by molar-refractivity contribution is 0.171. The molecule has 1 aromatic carbocycles. The van der Waals surface area contributed by atoms with Gasteiger partial charge in [-0.3, -0.25) is 0 Å². The van der Waals surface area contributed by atoms with Crippen molar-refractivity contribution in [3.8, 4) is 11.5 Å². The van der Waals surface area contributed by atoms with Crippen LogP contribution in [0.25, 0.3) is 0 Å². The van der Waals surface area contributed by atoms with Crippen LogP contribution in [0.3, 0.4) is 0 Å². The van der Waals surface area contributed by atoms with E-state index in [9.17, 15) is 0 Å². The van der Waals surface area contributed by atoms with Crippen LogP contribution in [0.5, 0.6) is 11.5 Å². The summed E-state index contributed by atoms with van der Waals surface area (Å²) in [5, 5.41) is 4.56. The molecule has 4 nitrogen and oxygen atoms in total. The van der Waals surface area contributed by atoms with Gasteiger partial charge in [0.2, 0.25) is 0 Å². The van der Waals surface area contributed by atoms with Crippen LogP contribution in [0.2, 0.25) is 0 Å². The van der Waals surface area contributed by atoms with Gasteiger partial charge in [-0.25, -0.2) is 4.98 Å². The molecule has 2 heterocycles. The molecule has 0 atom stereocenters. The Morgan fingerprint density at radius 2 is 2.11 bits per heavy atom. The number of hydrogen-bond donors (Lipinski definition) is 1. The summed E-state index contributed by atoms with van der Waals surface area (Å²) in [5.41, 5.74) is 1.04. The van der Waals surface area contributed by atoms with Gasteiger partial charge in [-0.2, -0.15) is 0 Å². The van der Waals surface area contributed by atoms with E-state index in [-0.39, 0.29) is 0 Å². The molecule has 0 spiro atoms. The number of rotatable bonds is 4. The molecule has 2 aromatic rings. The Kier molecular flexibility index (Phi) is 3.55. The maximum atomic E-state index is 5.56. The smallest absolute Gasteiger partial charge is 0.163 e. The average molecular weight is 276 g/mol. The second kappa shape index (κ2) is 5.48. The van der Waals surface area contributed by atoms with Crippen LogP contribution in [0.1, 0.15) is 16.8 Å². The number of fused-ring (bicyclic) bond motifs is 1. The van der Waals surface area contributed by atoms with Crippen molar-refractivity contribution >= 4 is 17.0 Å². The number of aryl methyl sites for hydroxylation is 1. The van der Waals surface area contributed by atoms with E-state index in [1.807, 2.05) is 24.4 Å². The number of nitrogens with one attached hydrogen (secondary N) is 1. The average Bonchev–Trinajstić information content (AvgIpc) is 2.93. The molecule has 1 aromatic heterocycles. The van der Waals surface area contributed by atoms with E-state index in [0.29, 0.717) is 13.2 Å². The van der Waals surface area contributed by atoms with E-state index in [1.54, 1.807) is 11.3 Å². The van der Waals surface area contributed by atoms with Gasteiger partial charge in [-0.05, 0) is 18.6 Å². The predicted octanol–water partition coefficient (Wildman–Crippen LogP) is 3.09. The van der Waals surface area contributed by atoms with Crippen molar-refractivity contribution < 1.29 is 9.47 Å². The minimum atomic E-state index is 0.616. The van der Waals surface area contributed by atoms with Crippen LogP contribution in [-0.4, -0.2) is 18.2 Å². The first-order valence-electron chi connectivity index (χ1n) is 6.42. The first-order chi connectivity index (χ1) is 9.35. The van der Waals surface area contributed by atoms with Gasteiger partial charge in [0.25, 0.3) is 0 Å². The van der Waals surface area contributed by atoms with Crippen LogP contribution >= 0.6 is 11.3 Å². The molecule has 3 rings (SSSR count). The molecule has 100 valence electrons. The molecule has 19 heavy (non-hydrogen) atoms. The summed E-state index contributed by atoms with van der Waals surface area (Å²) in [6.45, 7) is 4.15. The molecule has 0 aliphatic carbocycles.